The van der Waals surface area contributed by atoms with E-state index in [4.69, 9.17) is 4.74 Å². The summed E-state index contributed by atoms with van der Waals surface area (Å²) in [4.78, 5) is 26.4. The summed E-state index contributed by atoms with van der Waals surface area (Å²) in [7, 11) is 0. The molecule has 0 aliphatic rings. The summed E-state index contributed by atoms with van der Waals surface area (Å²) in [6, 6.07) is -0.706. The second-order valence-electron chi connectivity index (χ2n) is 21.2. The van der Waals surface area contributed by atoms with E-state index in [0.29, 0.717) is 19.3 Å². The Labute approximate surface area is 436 Å². The van der Waals surface area contributed by atoms with Gasteiger partial charge in [-0.2, -0.15) is 0 Å². The van der Waals surface area contributed by atoms with Crippen LogP contribution in [-0.4, -0.2) is 46.9 Å². The number of amides is 1. The van der Waals surface area contributed by atoms with Crippen LogP contribution in [0.1, 0.15) is 323 Å². The first-order chi connectivity index (χ1) is 34.5. The van der Waals surface area contributed by atoms with Gasteiger partial charge in [-0.05, 0) is 51.4 Å². The maximum absolute atomic E-state index is 13.3. The van der Waals surface area contributed by atoms with Crippen LogP contribution in [0.2, 0.25) is 0 Å². The van der Waals surface area contributed by atoms with Gasteiger partial charge in [0.1, 0.15) is 6.10 Å². The van der Waals surface area contributed by atoms with Crippen molar-refractivity contribution in [1.29, 1.82) is 0 Å². The molecule has 0 heterocycles. The van der Waals surface area contributed by atoms with Gasteiger partial charge in [0, 0.05) is 6.42 Å². The van der Waals surface area contributed by atoms with E-state index >= 15 is 0 Å². The number of ether oxygens (including phenoxy) is 1. The molecule has 6 heteroatoms. The van der Waals surface area contributed by atoms with Crippen molar-refractivity contribution in [2.45, 2.75) is 341 Å². The fourth-order valence-electron chi connectivity index (χ4n) is 9.56. The predicted molar refractivity (Wildman–Crippen MR) is 305 cm³/mol. The molecule has 0 bridgehead atoms. The SMILES string of the molecule is CCCCC/C=C/C=C/C=C/C=C/CCCCCCCC(=O)OC(CCCCCCCCCCCCCCCCCCC)CC(=O)NC(CO)C(O)CCCCCCCCCCCCCCCCCC. The van der Waals surface area contributed by atoms with Crippen LogP contribution in [0.3, 0.4) is 0 Å². The highest BCUT2D eigenvalue weighted by Crippen LogP contribution is 2.19. The molecular weight excluding hydrogens is 863 g/mol. The number of hydrogen-bond donors (Lipinski definition) is 3. The average molecular weight is 983 g/mol. The third-order valence-electron chi connectivity index (χ3n) is 14.3. The van der Waals surface area contributed by atoms with Crippen molar-refractivity contribution in [3.8, 4) is 0 Å². The van der Waals surface area contributed by atoms with Crippen LogP contribution in [0.5, 0.6) is 0 Å². The van der Waals surface area contributed by atoms with Crippen LogP contribution in [0.25, 0.3) is 0 Å². The Hall–Kier alpha value is -2.18. The summed E-state index contributed by atoms with van der Waals surface area (Å²) in [5, 5.41) is 24.0. The molecule has 0 rings (SSSR count). The molecule has 410 valence electrons. The lowest BCUT2D eigenvalue weighted by molar-refractivity contribution is -0.151. The molecule has 0 fully saturated rings. The molecule has 6 nitrogen and oxygen atoms in total. The smallest absolute Gasteiger partial charge is 0.306 e. The average Bonchev–Trinajstić information content (AvgIpc) is 3.35. The molecule has 0 spiro atoms. The fourth-order valence-corrected chi connectivity index (χ4v) is 9.56. The van der Waals surface area contributed by atoms with Crippen molar-refractivity contribution in [2.75, 3.05) is 6.61 Å². The minimum atomic E-state index is -0.792. The Morgan fingerprint density at radius 2 is 0.729 bits per heavy atom. The molecule has 0 radical (unpaired) electrons. The molecule has 3 atom stereocenters. The molecule has 3 N–H and O–H groups in total. The summed E-state index contributed by atoms with van der Waals surface area (Å²) in [5.41, 5.74) is 0. The molecule has 0 saturated carbocycles. The number of aliphatic hydroxyl groups is 2. The highest BCUT2D eigenvalue weighted by Gasteiger charge is 2.24. The number of hydrogen-bond acceptors (Lipinski definition) is 5. The molecule has 0 aliphatic heterocycles. The van der Waals surface area contributed by atoms with E-state index in [9.17, 15) is 19.8 Å². The van der Waals surface area contributed by atoms with Gasteiger partial charge in [-0.15, -0.1) is 0 Å². The van der Waals surface area contributed by atoms with Crippen LogP contribution in [-0.2, 0) is 14.3 Å². The normalized spacial score (nSPS) is 13.4. The standard InChI is InChI=1S/C64H119NO5/c1-4-7-10-13-16-19-22-25-28-31-33-36-39-42-45-48-51-54-57-64(69)70-60(55-52-49-46-43-40-37-34-32-29-26-23-20-17-14-11-8-5-2)58-63(68)65-61(59-66)62(67)56-53-50-47-44-41-38-35-30-27-24-21-18-15-12-9-6-3/h16,19,22,25,28,31,33,36,60-62,66-67H,4-15,17-18,20-21,23-24,26-27,29-30,32,34-35,37-59H2,1-3H3,(H,65,68)/b19-16+,25-22+,31-28+,36-33+. The fraction of sp³-hybridized carbons (Fsp3) is 0.844. The lowest BCUT2D eigenvalue weighted by Crippen LogP contribution is -2.46. The summed E-state index contributed by atoms with van der Waals surface area (Å²) < 4.78 is 5.97. The van der Waals surface area contributed by atoms with Gasteiger partial charge >= 0.3 is 5.97 Å². The van der Waals surface area contributed by atoms with Crippen molar-refractivity contribution >= 4 is 11.9 Å². The third-order valence-corrected chi connectivity index (χ3v) is 14.3. The van der Waals surface area contributed by atoms with Crippen LogP contribution in [0, 0.1) is 0 Å². The first-order valence-electron chi connectivity index (χ1n) is 30.9. The van der Waals surface area contributed by atoms with Gasteiger partial charge in [-0.25, -0.2) is 0 Å². The maximum Gasteiger partial charge on any atom is 0.306 e. The highest BCUT2D eigenvalue weighted by molar-refractivity contribution is 5.77. The highest BCUT2D eigenvalue weighted by atomic mass is 16.5. The predicted octanol–water partition coefficient (Wildman–Crippen LogP) is 19.4. The van der Waals surface area contributed by atoms with E-state index in [-0.39, 0.29) is 24.9 Å². The summed E-state index contributed by atoms with van der Waals surface area (Å²) >= 11 is 0. The van der Waals surface area contributed by atoms with Gasteiger partial charge in [0.25, 0.3) is 0 Å². The number of aliphatic hydroxyl groups excluding tert-OH is 2. The largest absolute Gasteiger partial charge is 0.462 e. The van der Waals surface area contributed by atoms with Crippen LogP contribution in [0.15, 0.2) is 48.6 Å². The van der Waals surface area contributed by atoms with Crippen molar-refractivity contribution in [3.05, 3.63) is 48.6 Å². The second-order valence-corrected chi connectivity index (χ2v) is 21.2. The Bertz CT molecular complexity index is 1190. The van der Waals surface area contributed by atoms with Gasteiger partial charge in [-0.1, -0.05) is 307 Å². The van der Waals surface area contributed by atoms with Crippen molar-refractivity contribution in [2.24, 2.45) is 0 Å². The van der Waals surface area contributed by atoms with E-state index in [1.165, 1.54) is 205 Å². The Balaban J connectivity index is 4.57. The minimum Gasteiger partial charge on any atom is -0.462 e. The molecule has 1 amide bonds. The lowest BCUT2D eigenvalue weighted by atomic mass is 10.0. The molecule has 0 aromatic heterocycles. The molecule has 3 unspecified atom stereocenters. The van der Waals surface area contributed by atoms with E-state index in [2.05, 4.69) is 74.7 Å². The third kappa shape index (κ3) is 52.2. The number of rotatable bonds is 56. The number of esters is 1. The number of nitrogens with one attached hydrogen (secondary N) is 1. The molecule has 0 aliphatic carbocycles. The quantitative estimate of drug-likeness (QED) is 0.0321. The second kappa shape index (κ2) is 57.7. The Kier molecular flexibility index (Phi) is 55.9. The van der Waals surface area contributed by atoms with Gasteiger partial charge in [0.05, 0.1) is 25.2 Å². The molecule has 0 aromatic rings. The van der Waals surface area contributed by atoms with Crippen LogP contribution in [0.4, 0.5) is 0 Å². The Morgan fingerprint density at radius 1 is 0.414 bits per heavy atom. The van der Waals surface area contributed by atoms with Gasteiger partial charge < -0.3 is 20.3 Å². The number of unbranched alkanes of at least 4 members (excludes halogenated alkanes) is 39. The first-order valence-corrected chi connectivity index (χ1v) is 30.9. The van der Waals surface area contributed by atoms with Gasteiger partial charge in [0.2, 0.25) is 5.91 Å². The zero-order chi connectivity index (χ0) is 50.9. The first kappa shape index (κ1) is 67.8. The van der Waals surface area contributed by atoms with Gasteiger partial charge in [-0.3, -0.25) is 9.59 Å². The molecule has 0 saturated heterocycles. The van der Waals surface area contributed by atoms with Crippen LogP contribution < -0.4 is 5.32 Å². The molecular formula is C64H119NO5. The van der Waals surface area contributed by atoms with E-state index in [0.717, 1.165) is 70.6 Å². The summed E-state index contributed by atoms with van der Waals surface area (Å²) in [5.74, 6) is -0.482. The summed E-state index contributed by atoms with van der Waals surface area (Å²) in [6.07, 6.45) is 71.7. The van der Waals surface area contributed by atoms with Gasteiger partial charge in [0.15, 0.2) is 0 Å². The van der Waals surface area contributed by atoms with E-state index < -0.39 is 18.2 Å². The maximum atomic E-state index is 13.3. The zero-order valence-corrected chi connectivity index (χ0v) is 46.9. The number of allylic oxidation sites excluding steroid dienone is 8. The molecule has 0 aromatic carbocycles. The molecule has 70 heavy (non-hydrogen) atoms. The topological polar surface area (TPSA) is 95.9 Å². The minimum absolute atomic E-state index is 0.0715. The van der Waals surface area contributed by atoms with Crippen molar-refractivity contribution < 1.29 is 24.5 Å². The zero-order valence-electron chi connectivity index (χ0n) is 46.9. The van der Waals surface area contributed by atoms with Crippen LogP contribution >= 0.6 is 0 Å². The monoisotopic (exact) mass is 982 g/mol. The number of carbonyl (C=O) groups excluding carboxylic acids is 2. The number of carbonyl (C=O) groups is 2. The summed E-state index contributed by atoms with van der Waals surface area (Å²) in [6.45, 7) is 6.49. The lowest BCUT2D eigenvalue weighted by Gasteiger charge is -2.24. The van der Waals surface area contributed by atoms with E-state index in [1.54, 1.807) is 0 Å². The van der Waals surface area contributed by atoms with E-state index in [1.807, 2.05) is 0 Å². The van der Waals surface area contributed by atoms with Crippen molar-refractivity contribution in [3.63, 3.8) is 0 Å². The Morgan fingerprint density at radius 3 is 1.13 bits per heavy atom. The van der Waals surface area contributed by atoms with Crippen molar-refractivity contribution in [1.82, 2.24) is 5.32 Å².